The molecule has 4 rings (SSSR count). The maximum atomic E-state index is 15.0. The van der Waals surface area contributed by atoms with Gasteiger partial charge in [0.15, 0.2) is 23.2 Å². The second kappa shape index (κ2) is 10.3. The number of halogens is 3. The molecule has 0 N–H and O–H groups in total. The number of methoxy groups -OCH3 is 1. The molecule has 0 bridgehead atoms. The molecule has 3 nitrogen and oxygen atoms in total. The van der Waals surface area contributed by atoms with E-state index >= 15 is 0 Å². The van der Waals surface area contributed by atoms with Gasteiger partial charge in [0.1, 0.15) is 5.75 Å². The monoisotopic (exact) mass is 468 g/mol. The smallest absolute Gasteiger partial charge is 0.343 e. The summed E-state index contributed by atoms with van der Waals surface area (Å²) in [4.78, 5) is 12.4. The fourth-order valence-corrected chi connectivity index (χ4v) is 4.62. The molecule has 3 aromatic rings. The lowest BCUT2D eigenvalue weighted by atomic mass is 9.77. The van der Waals surface area contributed by atoms with E-state index in [9.17, 15) is 18.0 Å². The van der Waals surface area contributed by atoms with Crippen LogP contribution in [-0.4, -0.2) is 13.1 Å². The molecule has 0 aliphatic heterocycles. The Labute approximate surface area is 197 Å². The molecular weight excluding hydrogens is 441 g/mol. The summed E-state index contributed by atoms with van der Waals surface area (Å²) < 4.78 is 54.0. The first-order valence-corrected chi connectivity index (χ1v) is 11.5. The Kier molecular flexibility index (Phi) is 7.25. The lowest BCUT2D eigenvalue weighted by Crippen LogP contribution is -2.14. The summed E-state index contributed by atoms with van der Waals surface area (Å²) in [5.74, 6) is -2.38. The Bertz CT molecular complexity index is 1170. The largest absolute Gasteiger partial charge is 0.497 e. The van der Waals surface area contributed by atoms with Crippen molar-refractivity contribution in [1.82, 2.24) is 0 Å². The molecule has 0 heterocycles. The number of hydrogen-bond donors (Lipinski definition) is 0. The van der Waals surface area contributed by atoms with Crippen molar-refractivity contribution >= 4 is 5.97 Å². The zero-order chi connectivity index (χ0) is 24.2. The van der Waals surface area contributed by atoms with Gasteiger partial charge in [-0.15, -0.1) is 0 Å². The van der Waals surface area contributed by atoms with E-state index in [0.717, 1.165) is 38.2 Å². The van der Waals surface area contributed by atoms with E-state index in [1.165, 1.54) is 43.5 Å². The van der Waals surface area contributed by atoms with Crippen molar-refractivity contribution in [3.63, 3.8) is 0 Å². The van der Waals surface area contributed by atoms with Crippen LogP contribution in [0.5, 0.6) is 11.5 Å². The molecule has 6 heteroatoms. The maximum Gasteiger partial charge on any atom is 0.343 e. The summed E-state index contributed by atoms with van der Waals surface area (Å²) in [6.45, 7) is 2.17. The first kappa shape index (κ1) is 23.9. The summed E-state index contributed by atoms with van der Waals surface area (Å²) in [7, 11) is 1.40. The fourth-order valence-electron chi connectivity index (χ4n) is 4.62. The molecule has 1 aliphatic rings. The lowest BCUT2D eigenvalue weighted by Gasteiger charge is -2.28. The molecule has 0 unspecified atom stereocenters. The van der Waals surface area contributed by atoms with Crippen LogP contribution in [0.4, 0.5) is 13.2 Å². The SMILES string of the molecule is CCC1CCC(c2ccc(-c3ccc(C(=O)Oc4ccc(OC)cc4F)cc3)c(F)c2F)CC1. The van der Waals surface area contributed by atoms with Crippen LogP contribution in [0.3, 0.4) is 0 Å². The van der Waals surface area contributed by atoms with Crippen LogP contribution in [0, 0.1) is 23.4 Å². The summed E-state index contributed by atoms with van der Waals surface area (Å²) in [6.07, 6.45) is 4.96. The van der Waals surface area contributed by atoms with Crippen LogP contribution < -0.4 is 9.47 Å². The molecule has 1 aliphatic carbocycles. The molecular formula is C28H27F3O3. The molecule has 0 saturated heterocycles. The van der Waals surface area contributed by atoms with E-state index in [2.05, 4.69) is 6.92 Å². The number of ether oxygens (including phenoxy) is 2. The van der Waals surface area contributed by atoms with Gasteiger partial charge in [0.05, 0.1) is 12.7 Å². The predicted octanol–water partition coefficient (Wildman–Crippen LogP) is 7.68. The second-order valence-electron chi connectivity index (χ2n) is 8.72. The number of benzene rings is 3. The lowest BCUT2D eigenvalue weighted by molar-refractivity contribution is 0.0727. The van der Waals surface area contributed by atoms with Crippen molar-refractivity contribution in [2.45, 2.75) is 44.9 Å². The quantitative estimate of drug-likeness (QED) is 0.275. The van der Waals surface area contributed by atoms with Crippen molar-refractivity contribution in [3.8, 4) is 22.6 Å². The molecule has 178 valence electrons. The Morgan fingerprint density at radius 3 is 2.24 bits per heavy atom. The van der Waals surface area contributed by atoms with Crippen molar-refractivity contribution in [3.05, 3.63) is 83.2 Å². The van der Waals surface area contributed by atoms with E-state index in [1.807, 2.05) is 0 Å². The van der Waals surface area contributed by atoms with E-state index in [1.54, 1.807) is 12.1 Å². The van der Waals surface area contributed by atoms with Crippen LogP contribution in [-0.2, 0) is 0 Å². The first-order chi connectivity index (χ1) is 16.4. The number of esters is 1. The molecule has 1 saturated carbocycles. The molecule has 0 aromatic heterocycles. The van der Waals surface area contributed by atoms with E-state index in [-0.39, 0.29) is 22.8 Å². The highest BCUT2D eigenvalue weighted by molar-refractivity contribution is 5.91. The highest BCUT2D eigenvalue weighted by Crippen LogP contribution is 2.39. The van der Waals surface area contributed by atoms with Gasteiger partial charge in [-0.25, -0.2) is 18.0 Å². The van der Waals surface area contributed by atoms with Gasteiger partial charge < -0.3 is 9.47 Å². The Morgan fingerprint density at radius 1 is 0.912 bits per heavy atom. The number of carbonyl (C=O) groups excluding carboxylic acids is 1. The summed E-state index contributed by atoms with van der Waals surface area (Å²) in [5.41, 5.74) is 1.16. The second-order valence-corrected chi connectivity index (χ2v) is 8.72. The van der Waals surface area contributed by atoms with Gasteiger partial charge in [0.25, 0.3) is 0 Å². The van der Waals surface area contributed by atoms with E-state index in [0.29, 0.717) is 22.8 Å². The van der Waals surface area contributed by atoms with Crippen LogP contribution in [0.2, 0.25) is 0 Å². The van der Waals surface area contributed by atoms with Crippen molar-refractivity contribution in [1.29, 1.82) is 0 Å². The third-order valence-electron chi connectivity index (χ3n) is 6.75. The average molecular weight is 469 g/mol. The van der Waals surface area contributed by atoms with Crippen molar-refractivity contribution in [2.24, 2.45) is 5.92 Å². The number of carbonyl (C=O) groups is 1. The minimum Gasteiger partial charge on any atom is -0.497 e. The fraction of sp³-hybridized carbons (Fsp3) is 0.321. The zero-order valence-corrected chi connectivity index (χ0v) is 19.2. The summed E-state index contributed by atoms with van der Waals surface area (Å²) >= 11 is 0. The van der Waals surface area contributed by atoms with Crippen molar-refractivity contribution < 1.29 is 27.4 Å². The van der Waals surface area contributed by atoms with Crippen LogP contribution >= 0.6 is 0 Å². The van der Waals surface area contributed by atoms with Gasteiger partial charge in [-0.3, -0.25) is 0 Å². The van der Waals surface area contributed by atoms with Gasteiger partial charge in [-0.2, -0.15) is 0 Å². The first-order valence-electron chi connectivity index (χ1n) is 11.5. The minimum atomic E-state index is -0.884. The summed E-state index contributed by atoms with van der Waals surface area (Å²) in [6, 6.07) is 13.1. The summed E-state index contributed by atoms with van der Waals surface area (Å²) in [5, 5.41) is 0. The van der Waals surface area contributed by atoms with E-state index < -0.39 is 23.4 Å². The molecule has 0 radical (unpaired) electrons. The highest BCUT2D eigenvalue weighted by Gasteiger charge is 2.26. The molecule has 0 amide bonds. The zero-order valence-electron chi connectivity index (χ0n) is 19.2. The Morgan fingerprint density at radius 2 is 1.62 bits per heavy atom. The van der Waals surface area contributed by atoms with Gasteiger partial charge >= 0.3 is 5.97 Å². The maximum absolute atomic E-state index is 15.0. The third-order valence-corrected chi connectivity index (χ3v) is 6.75. The number of hydrogen-bond acceptors (Lipinski definition) is 3. The van der Waals surface area contributed by atoms with E-state index in [4.69, 9.17) is 9.47 Å². The normalized spacial score (nSPS) is 17.9. The molecule has 0 atom stereocenters. The average Bonchev–Trinajstić information content (AvgIpc) is 2.87. The molecule has 1 fully saturated rings. The Hall–Kier alpha value is -3.28. The number of rotatable bonds is 6. The predicted molar refractivity (Wildman–Crippen MR) is 125 cm³/mol. The highest BCUT2D eigenvalue weighted by atomic mass is 19.2. The third kappa shape index (κ3) is 4.96. The van der Waals surface area contributed by atoms with Gasteiger partial charge in [0.2, 0.25) is 0 Å². The van der Waals surface area contributed by atoms with Crippen LogP contribution in [0.25, 0.3) is 11.1 Å². The topological polar surface area (TPSA) is 35.5 Å². The van der Waals surface area contributed by atoms with Crippen LogP contribution in [0.1, 0.15) is 60.9 Å². The molecule has 3 aromatic carbocycles. The van der Waals surface area contributed by atoms with Gasteiger partial charge in [-0.05, 0) is 72.9 Å². The van der Waals surface area contributed by atoms with Gasteiger partial charge in [0, 0.05) is 11.6 Å². The molecule has 34 heavy (non-hydrogen) atoms. The van der Waals surface area contributed by atoms with Crippen LogP contribution in [0.15, 0.2) is 54.6 Å². The Balaban J connectivity index is 1.49. The van der Waals surface area contributed by atoms with Crippen molar-refractivity contribution in [2.75, 3.05) is 7.11 Å². The minimum absolute atomic E-state index is 0.0434. The standard InChI is InChI=1S/C28H27F3O3/c1-3-17-4-6-18(7-5-17)22-13-14-23(27(31)26(22)30)19-8-10-20(11-9-19)28(32)34-25-15-12-21(33-2)16-24(25)29/h8-18H,3-7H2,1-2H3. The van der Waals surface area contributed by atoms with Gasteiger partial charge in [-0.1, -0.05) is 37.6 Å². The molecule has 0 spiro atoms.